The maximum Gasteiger partial charge on any atom is 0.166 e. The van der Waals surface area contributed by atoms with Crippen LogP contribution in [0, 0.1) is 0 Å². The second-order valence-corrected chi connectivity index (χ2v) is 4.31. The third-order valence-corrected chi connectivity index (χ3v) is 3.33. The molecule has 1 aliphatic rings. The van der Waals surface area contributed by atoms with E-state index in [2.05, 4.69) is 5.32 Å². The quantitative estimate of drug-likeness (QED) is 0.752. The molecule has 0 saturated carbocycles. The Balaban J connectivity index is 2.40. The predicted octanol–water partition coefficient (Wildman–Crippen LogP) is 3.49. The number of nitrogens with one attached hydrogen (secondary N) is 1. The smallest absolute Gasteiger partial charge is 0.166 e. The first-order valence-electron chi connectivity index (χ1n) is 5.25. The lowest BCUT2D eigenvalue weighted by Crippen LogP contribution is -2.18. The van der Waals surface area contributed by atoms with Crippen LogP contribution in [0.15, 0.2) is 30.3 Å². The van der Waals surface area contributed by atoms with Crippen LogP contribution in [0.25, 0.3) is 10.8 Å². The van der Waals surface area contributed by atoms with E-state index < -0.39 is 0 Å². The van der Waals surface area contributed by atoms with Crippen molar-refractivity contribution >= 4 is 33.8 Å². The molecule has 0 saturated heterocycles. The van der Waals surface area contributed by atoms with Crippen LogP contribution in [0.4, 0.5) is 5.69 Å². The first kappa shape index (κ1) is 9.67. The number of rotatable bonds is 0. The van der Waals surface area contributed by atoms with Gasteiger partial charge in [-0.3, -0.25) is 4.79 Å². The lowest BCUT2D eigenvalue weighted by Gasteiger charge is -2.19. The number of benzene rings is 2. The summed E-state index contributed by atoms with van der Waals surface area (Å²) in [5, 5.41) is 5.86. The summed E-state index contributed by atoms with van der Waals surface area (Å²) >= 11 is 6.31. The summed E-state index contributed by atoms with van der Waals surface area (Å²) in [5.74, 6) is 0.168. The Bertz CT molecular complexity index is 592. The molecular weight excluding hydrogens is 222 g/mol. The highest BCUT2D eigenvalue weighted by atomic mass is 35.5. The van der Waals surface area contributed by atoms with Crippen molar-refractivity contribution < 1.29 is 4.79 Å². The third-order valence-electron chi connectivity index (χ3n) is 2.94. The topological polar surface area (TPSA) is 29.1 Å². The third kappa shape index (κ3) is 1.30. The molecule has 80 valence electrons. The van der Waals surface area contributed by atoms with E-state index in [1.165, 1.54) is 0 Å². The summed E-state index contributed by atoms with van der Waals surface area (Å²) in [7, 11) is 0. The van der Waals surface area contributed by atoms with Crippen molar-refractivity contribution in [3.05, 3.63) is 40.9 Å². The fourth-order valence-corrected chi connectivity index (χ4v) is 2.47. The number of anilines is 1. The molecule has 0 unspecified atom stereocenters. The molecule has 0 aromatic heterocycles. The zero-order chi connectivity index (χ0) is 11.1. The Morgan fingerprint density at radius 3 is 2.94 bits per heavy atom. The second-order valence-electron chi connectivity index (χ2n) is 3.93. The van der Waals surface area contributed by atoms with Gasteiger partial charge in [0.1, 0.15) is 0 Å². The van der Waals surface area contributed by atoms with E-state index in [0.29, 0.717) is 18.0 Å². The molecule has 1 heterocycles. The van der Waals surface area contributed by atoms with E-state index >= 15 is 0 Å². The van der Waals surface area contributed by atoms with Crippen molar-refractivity contribution in [1.29, 1.82) is 0 Å². The molecule has 0 atom stereocenters. The zero-order valence-electron chi connectivity index (χ0n) is 8.59. The van der Waals surface area contributed by atoms with E-state index in [1.54, 1.807) is 0 Å². The number of fused-ring (bicyclic) bond motifs is 2. The number of hydrogen-bond acceptors (Lipinski definition) is 2. The Hall–Kier alpha value is -1.54. The van der Waals surface area contributed by atoms with Gasteiger partial charge < -0.3 is 5.32 Å². The Morgan fingerprint density at radius 2 is 2.06 bits per heavy atom. The van der Waals surface area contributed by atoms with Gasteiger partial charge in [0.2, 0.25) is 0 Å². The van der Waals surface area contributed by atoms with E-state index in [1.807, 2.05) is 30.3 Å². The van der Waals surface area contributed by atoms with Crippen LogP contribution in [0.2, 0.25) is 5.02 Å². The largest absolute Gasteiger partial charge is 0.383 e. The highest BCUT2D eigenvalue weighted by Gasteiger charge is 2.20. The van der Waals surface area contributed by atoms with Crippen LogP contribution in [0.3, 0.4) is 0 Å². The van der Waals surface area contributed by atoms with Crippen LogP contribution in [0.1, 0.15) is 16.8 Å². The van der Waals surface area contributed by atoms with E-state index in [0.717, 1.165) is 22.0 Å². The minimum atomic E-state index is 0.168. The number of hydrogen-bond donors (Lipinski definition) is 1. The fourth-order valence-electron chi connectivity index (χ4n) is 2.13. The standard InChI is InChI=1S/C13H10ClNO/c14-12-9-4-2-1-3-8(9)7-10-11(16)5-6-15-13(10)12/h1-4,7,15H,5-6H2. The average Bonchev–Trinajstić information content (AvgIpc) is 2.31. The van der Waals surface area contributed by atoms with Gasteiger partial charge in [0.25, 0.3) is 0 Å². The maximum atomic E-state index is 11.8. The van der Waals surface area contributed by atoms with E-state index in [9.17, 15) is 4.79 Å². The predicted molar refractivity (Wildman–Crippen MR) is 66.4 cm³/mol. The van der Waals surface area contributed by atoms with Gasteiger partial charge in [-0.05, 0) is 11.5 Å². The summed E-state index contributed by atoms with van der Waals surface area (Å²) in [6, 6.07) is 9.77. The average molecular weight is 232 g/mol. The minimum Gasteiger partial charge on any atom is -0.383 e. The SMILES string of the molecule is O=C1CCNc2c1cc1ccccc1c2Cl. The molecule has 0 spiro atoms. The normalized spacial score (nSPS) is 14.7. The van der Waals surface area contributed by atoms with Gasteiger partial charge in [-0.1, -0.05) is 35.9 Å². The first-order chi connectivity index (χ1) is 7.77. The van der Waals surface area contributed by atoms with E-state index in [-0.39, 0.29) is 5.78 Å². The monoisotopic (exact) mass is 231 g/mol. The summed E-state index contributed by atoms with van der Waals surface area (Å²) in [5.41, 5.74) is 1.51. The Kier molecular flexibility index (Phi) is 2.11. The van der Waals surface area contributed by atoms with Crippen molar-refractivity contribution in [2.45, 2.75) is 6.42 Å². The van der Waals surface area contributed by atoms with Gasteiger partial charge in [-0.15, -0.1) is 0 Å². The lowest BCUT2D eigenvalue weighted by molar-refractivity contribution is 0.0984. The number of halogens is 1. The summed E-state index contributed by atoms with van der Waals surface area (Å²) < 4.78 is 0. The van der Waals surface area contributed by atoms with Crippen molar-refractivity contribution in [3.63, 3.8) is 0 Å². The van der Waals surface area contributed by atoms with Gasteiger partial charge in [0.15, 0.2) is 5.78 Å². The summed E-state index contributed by atoms with van der Waals surface area (Å²) in [6.07, 6.45) is 0.543. The lowest BCUT2D eigenvalue weighted by atomic mass is 9.98. The van der Waals surface area contributed by atoms with Gasteiger partial charge in [0, 0.05) is 23.9 Å². The van der Waals surface area contributed by atoms with Crippen LogP contribution in [0.5, 0.6) is 0 Å². The molecule has 16 heavy (non-hydrogen) atoms. The molecule has 0 radical (unpaired) electrons. The van der Waals surface area contributed by atoms with Crippen LogP contribution >= 0.6 is 11.6 Å². The van der Waals surface area contributed by atoms with Crippen molar-refractivity contribution in [2.24, 2.45) is 0 Å². The molecule has 2 nitrogen and oxygen atoms in total. The van der Waals surface area contributed by atoms with Crippen LogP contribution in [-0.2, 0) is 0 Å². The molecule has 0 fully saturated rings. The fraction of sp³-hybridized carbons (Fsp3) is 0.154. The molecule has 0 bridgehead atoms. The number of Topliss-reactive ketones (excluding diaryl/α,β-unsaturated/α-hetero) is 1. The Labute approximate surface area is 98.2 Å². The van der Waals surface area contributed by atoms with Crippen molar-refractivity contribution in [2.75, 3.05) is 11.9 Å². The maximum absolute atomic E-state index is 11.8. The molecule has 2 aromatic carbocycles. The highest BCUT2D eigenvalue weighted by molar-refractivity contribution is 6.39. The molecule has 3 rings (SSSR count). The highest BCUT2D eigenvalue weighted by Crippen LogP contribution is 2.36. The van der Waals surface area contributed by atoms with Gasteiger partial charge >= 0.3 is 0 Å². The first-order valence-corrected chi connectivity index (χ1v) is 5.63. The Morgan fingerprint density at radius 1 is 1.25 bits per heavy atom. The summed E-state index contributed by atoms with van der Waals surface area (Å²) in [4.78, 5) is 11.8. The van der Waals surface area contributed by atoms with Crippen LogP contribution in [-0.4, -0.2) is 12.3 Å². The molecule has 2 aromatic rings. The van der Waals surface area contributed by atoms with E-state index in [4.69, 9.17) is 11.6 Å². The minimum absolute atomic E-state index is 0.168. The van der Waals surface area contributed by atoms with Gasteiger partial charge in [-0.25, -0.2) is 0 Å². The molecule has 3 heteroatoms. The molecule has 0 amide bonds. The number of ketones is 1. The number of carbonyl (C=O) groups excluding carboxylic acids is 1. The van der Waals surface area contributed by atoms with Gasteiger partial charge in [0.05, 0.1) is 10.7 Å². The molecular formula is C13H10ClNO. The van der Waals surface area contributed by atoms with Crippen molar-refractivity contribution in [1.82, 2.24) is 0 Å². The molecule has 1 aliphatic heterocycles. The van der Waals surface area contributed by atoms with Gasteiger partial charge in [-0.2, -0.15) is 0 Å². The number of carbonyl (C=O) groups is 1. The molecule has 0 aliphatic carbocycles. The molecule has 1 N–H and O–H groups in total. The van der Waals surface area contributed by atoms with Crippen molar-refractivity contribution in [3.8, 4) is 0 Å². The van der Waals surface area contributed by atoms with Crippen LogP contribution < -0.4 is 5.32 Å². The summed E-state index contributed by atoms with van der Waals surface area (Å²) in [6.45, 7) is 0.671. The second kappa shape index (κ2) is 3.49. The zero-order valence-corrected chi connectivity index (χ0v) is 9.34.